The molecule has 0 spiro atoms. The van der Waals surface area contributed by atoms with Gasteiger partial charge in [-0.15, -0.1) is 10.2 Å². The van der Waals surface area contributed by atoms with Crippen LogP contribution < -0.4 is 10.7 Å². The van der Waals surface area contributed by atoms with Gasteiger partial charge in [-0.05, 0) is 29.8 Å². The first-order chi connectivity index (χ1) is 14.4. The molecule has 2 amide bonds. The van der Waals surface area contributed by atoms with Gasteiger partial charge in [0.05, 0.1) is 17.6 Å². The fourth-order valence-corrected chi connectivity index (χ4v) is 2.97. The quantitative estimate of drug-likeness (QED) is 0.296. The number of phenolic OH excluding ortho intramolecular Hbond substituents is 1. The van der Waals surface area contributed by atoms with Gasteiger partial charge in [-0.2, -0.15) is 5.10 Å². The van der Waals surface area contributed by atoms with Gasteiger partial charge < -0.3 is 5.11 Å². The number of nitrogens with zero attached hydrogens (tertiary/aromatic N) is 4. The molecule has 0 saturated heterocycles. The lowest BCUT2D eigenvalue weighted by atomic mass is 10.2. The number of carbonyl (C=O) groups excluding carboxylic acids is 2. The zero-order valence-electron chi connectivity index (χ0n) is 15.2. The van der Waals surface area contributed by atoms with Crippen LogP contribution in [0.25, 0.3) is 0 Å². The fraction of sp³-hybridized carbons (Fsp3) is 0.0556. The molecule has 0 radical (unpaired) electrons. The number of benzene rings is 2. The predicted molar refractivity (Wildman–Crippen MR) is 109 cm³/mol. The van der Waals surface area contributed by atoms with E-state index in [1.807, 2.05) is 0 Å². The monoisotopic (exact) mass is 426 g/mol. The van der Waals surface area contributed by atoms with Crippen molar-refractivity contribution in [3.05, 3.63) is 74.8 Å². The number of rotatable bonds is 7. The lowest BCUT2D eigenvalue weighted by Crippen LogP contribution is -2.19. The van der Waals surface area contributed by atoms with Crippen molar-refractivity contribution in [3.8, 4) is 5.75 Å². The summed E-state index contributed by atoms with van der Waals surface area (Å²) in [5.41, 5.74) is 3.04. The van der Waals surface area contributed by atoms with Crippen molar-refractivity contribution in [3.63, 3.8) is 0 Å². The van der Waals surface area contributed by atoms with Gasteiger partial charge in [0.1, 0.15) is 10.8 Å². The molecule has 1 aromatic heterocycles. The van der Waals surface area contributed by atoms with E-state index in [2.05, 4.69) is 26.0 Å². The topological polar surface area (TPSA) is 160 Å². The number of aromatic nitrogens is 2. The van der Waals surface area contributed by atoms with Gasteiger partial charge in [0.15, 0.2) is 0 Å². The molecule has 0 atom stereocenters. The summed E-state index contributed by atoms with van der Waals surface area (Å²) in [7, 11) is 0. The van der Waals surface area contributed by atoms with Crippen molar-refractivity contribution in [2.75, 3.05) is 5.32 Å². The van der Waals surface area contributed by atoms with Crippen molar-refractivity contribution >= 4 is 40.2 Å². The summed E-state index contributed by atoms with van der Waals surface area (Å²) in [6.07, 6.45) is 1.29. The van der Waals surface area contributed by atoms with Crippen molar-refractivity contribution in [2.24, 2.45) is 5.10 Å². The number of nitro benzene ring substituents is 1. The van der Waals surface area contributed by atoms with Crippen LogP contribution in [0.3, 0.4) is 0 Å². The van der Waals surface area contributed by atoms with Crippen LogP contribution in [-0.2, 0) is 11.2 Å². The number of aromatic hydroxyl groups is 1. The molecule has 3 aromatic rings. The number of nitrogens with one attached hydrogen (secondary N) is 2. The normalized spacial score (nSPS) is 10.7. The summed E-state index contributed by atoms with van der Waals surface area (Å²) in [5.74, 6) is -0.856. The van der Waals surface area contributed by atoms with E-state index in [0.29, 0.717) is 10.6 Å². The van der Waals surface area contributed by atoms with Crippen molar-refractivity contribution < 1.29 is 19.6 Å². The maximum Gasteiger partial charge on any atom is 0.269 e. The Hall–Kier alpha value is -4.19. The van der Waals surface area contributed by atoms with Crippen LogP contribution in [0.4, 0.5) is 10.8 Å². The van der Waals surface area contributed by atoms with E-state index in [-0.39, 0.29) is 28.6 Å². The molecule has 11 nitrogen and oxygen atoms in total. The SMILES string of the molecule is O=C(Cc1nnc(NC(=O)c2ccc([N+](=O)[O-])cc2)s1)N/N=C\c1cccc(O)c1. The molecule has 152 valence electrons. The average Bonchev–Trinajstić information content (AvgIpc) is 3.14. The second kappa shape index (κ2) is 9.34. The minimum absolute atomic E-state index is 0.0856. The van der Waals surface area contributed by atoms with Gasteiger partial charge in [0, 0.05) is 17.7 Å². The Balaban J connectivity index is 1.52. The minimum Gasteiger partial charge on any atom is -0.508 e. The number of hydrogen-bond acceptors (Lipinski definition) is 9. The van der Waals surface area contributed by atoms with E-state index in [0.717, 1.165) is 11.3 Å². The van der Waals surface area contributed by atoms with Gasteiger partial charge in [-0.3, -0.25) is 25.0 Å². The zero-order valence-corrected chi connectivity index (χ0v) is 16.0. The number of phenols is 1. The van der Waals surface area contributed by atoms with Gasteiger partial charge in [-0.25, -0.2) is 5.43 Å². The van der Waals surface area contributed by atoms with Crippen LogP contribution in [0, 0.1) is 10.1 Å². The Morgan fingerprint density at radius 1 is 1.20 bits per heavy atom. The number of carbonyl (C=O) groups is 2. The standard InChI is InChI=1S/C18H14N6O5S/c25-14-3-1-2-11(8-14)10-19-21-15(26)9-16-22-23-18(30-16)20-17(27)12-4-6-13(7-5-12)24(28)29/h1-8,10,25H,9H2,(H,21,26)(H,20,23,27)/b19-10-. The Labute approximate surface area is 173 Å². The van der Waals surface area contributed by atoms with Gasteiger partial charge in [-0.1, -0.05) is 23.5 Å². The van der Waals surface area contributed by atoms with E-state index in [1.165, 1.54) is 42.6 Å². The summed E-state index contributed by atoms with van der Waals surface area (Å²) in [6, 6.07) is 11.5. The van der Waals surface area contributed by atoms with Crippen molar-refractivity contribution in [1.29, 1.82) is 0 Å². The summed E-state index contributed by atoms with van der Waals surface area (Å²) in [4.78, 5) is 34.2. The molecule has 2 aromatic carbocycles. The second-order valence-electron chi connectivity index (χ2n) is 5.82. The van der Waals surface area contributed by atoms with Crippen LogP contribution in [0.2, 0.25) is 0 Å². The highest BCUT2D eigenvalue weighted by Crippen LogP contribution is 2.18. The maximum atomic E-state index is 12.2. The minimum atomic E-state index is -0.558. The molecule has 0 bridgehead atoms. The van der Waals surface area contributed by atoms with Gasteiger partial charge in [0.25, 0.3) is 11.6 Å². The van der Waals surface area contributed by atoms with E-state index < -0.39 is 16.7 Å². The second-order valence-corrected chi connectivity index (χ2v) is 6.89. The third-order valence-corrected chi connectivity index (χ3v) is 4.45. The Kier molecular flexibility index (Phi) is 6.39. The highest BCUT2D eigenvalue weighted by molar-refractivity contribution is 7.15. The largest absolute Gasteiger partial charge is 0.508 e. The first-order valence-electron chi connectivity index (χ1n) is 8.40. The number of nitro groups is 1. The highest BCUT2D eigenvalue weighted by atomic mass is 32.1. The average molecular weight is 426 g/mol. The molecule has 0 fully saturated rings. The molecule has 3 N–H and O–H groups in total. The van der Waals surface area contributed by atoms with Gasteiger partial charge in [0.2, 0.25) is 11.0 Å². The Morgan fingerprint density at radius 3 is 2.67 bits per heavy atom. The number of non-ortho nitro benzene ring substituents is 1. The van der Waals surface area contributed by atoms with Crippen molar-refractivity contribution in [1.82, 2.24) is 15.6 Å². The van der Waals surface area contributed by atoms with E-state index in [1.54, 1.807) is 12.1 Å². The van der Waals surface area contributed by atoms with Crippen molar-refractivity contribution in [2.45, 2.75) is 6.42 Å². The molecule has 0 saturated carbocycles. The van der Waals surface area contributed by atoms with Gasteiger partial charge >= 0.3 is 0 Å². The molecule has 0 unspecified atom stereocenters. The molecule has 0 aliphatic heterocycles. The molecule has 12 heteroatoms. The molecule has 0 aliphatic rings. The summed E-state index contributed by atoms with van der Waals surface area (Å²) in [6.45, 7) is 0. The lowest BCUT2D eigenvalue weighted by Gasteiger charge is -2.00. The molecule has 0 aliphatic carbocycles. The molecule has 30 heavy (non-hydrogen) atoms. The molecule has 3 rings (SSSR count). The number of hydrazone groups is 1. The fourth-order valence-electron chi connectivity index (χ4n) is 2.24. The van der Waals surface area contributed by atoms with Crippen LogP contribution in [0.15, 0.2) is 53.6 Å². The first kappa shape index (κ1) is 20.5. The molecular weight excluding hydrogens is 412 g/mol. The first-order valence-corrected chi connectivity index (χ1v) is 9.21. The Bertz CT molecular complexity index is 1110. The van der Waals surface area contributed by atoms with Crippen LogP contribution in [0.5, 0.6) is 5.75 Å². The Morgan fingerprint density at radius 2 is 1.97 bits per heavy atom. The zero-order chi connectivity index (χ0) is 21.5. The smallest absolute Gasteiger partial charge is 0.269 e. The summed E-state index contributed by atoms with van der Waals surface area (Å²) in [5, 5.41) is 34.5. The third-order valence-electron chi connectivity index (χ3n) is 3.61. The van der Waals surface area contributed by atoms with Crippen LogP contribution in [-0.4, -0.2) is 38.3 Å². The van der Waals surface area contributed by atoms with E-state index in [4.69, 9.17) is 0 Å². The van der Waals surface area contributed by atoms with Crippen LogP contribution >= 0.6 is 11.3 Å². The lowest BCUT2D eigenvalue weighted by molar-refractivity contribution is -0.384. The third kappa shape index (κ3) is 5.65. The number of anilines is 1. The van der Waals surface area contributed by atoms with E-state index in [9.17, 15) is 24.8 Å². The maximum absolute atomic E-state index is 12.2. The summed E-state index contributed by atoms with van der Waals surface area (Å²) < 4.78 is 0. The molecule has 1 heterocycles. The summed E-state index contributed by atoms with van der Waals surface area (Å²) >= 11 is 1.02. The number of amides is 2. The van der Waals surface area contributed by atoms with E-state index >= 15 is 0 Å². The highest BCUT2D eigenvalue weighted by Gasteiger charge is 2.13. The van der Waals surface area contributed by atoms with Crippen LogP contribution in [0.1, 0.15) is 20.9 Å². The molecular formula is C18H14N6O5S. The number of hydrogen-bond donors (Lipinski definition) is 3. The predicted octanol–water partition coefficient (Wildman–Crippen LogP) is 2.10.